The molecule has 0 aliphatic heterocycles. The number of nitrogens with two attached hydrogens (primary N) is 1. The SMILES string of the molecule is COc1ccc(OC)c(N=C(C)C(=NN)C(=O)Nc2cc(C(C)(C)C)ccc2OCC(=O)OC(C)(C)C)c1. The Bertz CT molecular complexity index is 1220. The monoisotopic (exact) mass is 526 g/mol. The van der Waals surface area contributed by atoms with Gasteiger partial charge in [0.25, 0.3) is 5.91 Å². The van der Waals surface area contributed by atoms with E-state index in [1.807, 2.05) is 26.8 Å². The van der Waals surface area contributed by atoms with E-state index in [-0.39, 0.29) is 29.2 Å². The number of ether oxygens (including phenoxy) is 4. The summed E-state index contributed by atoms with van der Waals surface area (Å²) in [6.45, 7) is 12.7. The second-order valence-electron chi connectivity index (χ2n) is 10.5. The van der Waals surface area contributed by atoms with E-state index in [9.17, 15) is 9.59 Å². The quantitative estimate of drug-likeness (QED) is 0.208. The molecule has 0 fully saturated rings. The molecule has 0 aromatic heterocycles. The Hall–Kier alpha value is -4.08. The zero-order chi connectivity index (χ0) is 28.7. The number of rotatable bonds is 9. The van der Waals surface area contributed by atoms with Gasteiger partial charge in [-0.1, -0.05) is 26.8 Å². The fraction of sp³-hybridized carbons (Fsp3) is 0.429. The van der Waals surface area contributed by atoms with E-state index in [2.05, 4.69) is 15.4 Å². The Kier molecular flexibility index (Phi) is 9.87. The number of carbonyl (C=O) groups excluding carboxylic acids is 2. The first kappa shape index (κ1) is 30.1. The third-order valence-corrected chi connectivity index (χ3v) is 5.22. The zero-order valence-corrected chi connectivity index (χ0v) is 23.6. The average molecular weight is 527 g/mol. The minimum absolute atomic E-state index is 0.103. The molecular formula is C28H38N4O6. The first-order chi connectivity index (χ1) is 17.7. The third-order valence-electron chi connectivity index (χ3n) is 5.22. The Morgan fingerprint density at radius 1 is 0.947 bits per heavy atom. The standard InChI is InChI=1S/C28H38N4O6/c1-17(30-21-15-19(35-8)11-13-22(21)36-9)25(32-29)26(34)31-20-14-18(27(2,3)4)10-12-23(20)37-16-24(33)38-28(5,6)7/h10-15H,16,29H2,1-9H3,(H,31,34). The van der Waals surface area contributed by atoms with Crippen LogP contribution in [0.1, 0.15) is 54.0 Å². The number of benzene rings is 2. The Morgan fingerprint density at radius 2 is 1.61 bits per heavy atom. The highest BCUT2D eigenvalue weighted by Crippen LogP contribution is 2.33. The van der Waals surface area contributed by atoms with E-state index in [0.717, 1.165) is 5.56 Å². The first-order valence-corrected chi connectivity index (χ1v) is 12.0. The number of anilines is 1. The fourth-order valence-corrected chi connectivity index (χ4v) is 3.34. The van der Waals surface area contributed by atoms with E-state index in [1.165, 1.54) is 14.2 Å². The maximum atomic E-state index is 13.3. The first-order valence-electron chi connectivity index (χ1n) is 12.0. The van der Waals surface area contributed by atoms with Crippen molar-refractivity contribution in [1.82, 2.24) is 0 Å². The summed E-state index contributed by atoms with van der Waals surface area (Å²) in [7, 11) is 3.05. The van der Waals surface area contributed by atoms with Crippen LogP contribution in [0.3, 0.4) is 0 Å². The molecule has 1 amide bonds. The smallest absolute Gasteiger partial charge is 0.344 e. The molecule has 0 heterocycles. The van der Waals surface area contributed by atoms with Gasteiger partial charge in [0, 0.05) is 6.07 Å². The number of carbonyl (C=O) groups is 2. The van der Waals surface area contributed by atoms with Gasteiger partial charge in [0.2, 0.25) is 0 Å². The van der Waals surface area contributed by atoms with Crippen molar-refractivity contribution in [2.45, 2.75) is 59.5 Å². The molecule has 2 rings (SSSR count). The summed E-state index contributed by atoms with van der Waals surface area (Å²) < 4.78 is 21.7. The number of nitrogens with one attached hydrogen (secondary N) is 1. The molecule has 3 N–H and O–H groups in total. The predicted octanol–water partition coefficient (Wildman–Crippen LogP) is 4.77. The number of aliphatic imine (C=N–C) groups is 1. The largest absolute Gasteiger partial charge is 0.497 e. The summed E-state index contributed by atoms with van der Waals surface area (Å²) in [6, 6.07) is 10.5. The normalized spacial score (nSPS) is 12.6. The molecule has 0 spiro atoms. The van der Waals surface area contributed by atoms with Crippen LogP contribution in [-0.2, 0) is 19.7 Å². The molecule has 0 aliphatic carbocycles. The molecule has 0 aliphatic rings. The minimum Gasteiger partial charge on any atom is -0.497 e. The van der Waals surface area contributed by atoms with Crippen molar-refractivity contribution in [3.8, 4) is 17.2 Å². The molecular weight excluding hydrogens is 488 g/mol. The Morgan fingerprint density at radius 3 is 2.16 bits per heavy atom. The van der Waals surface area contributed by atoms with Gasteiger partial charge in [-0.3, -0.25) is 4.79 Å². The van der Waals surface area contributed by atoms with Crippen LogP contribution in [0.25, 0.3) is 0 Å². The molecule has 2 aromatic rings. The number of hydrogen-bond donors (Lipinski definition) is 2. The molecule has 0 unspecified atom stereocenters. The summed E-state index contributed by atoms with van der Waals surface area (Å²) >= 11 is 0. The van der Waals surface area contributed by atoms with Crippen LogP contribution in [0.15, 0.2) is 46.5 Å². The van der Waals surface area contributed by atoms with Crippen LogP contribution in [0.2, 0.25) is 0 Å². The molecule has 0 saturated heterocycles. The van der Waals surface area contributed by atoms with Gasteiger partial charge in [0.15, 0.2) is 12.3 Å². The molecule has 206 valence electrons. The summed E-state index contributed by atoms with van der Waals surface area (Å²) in [5, 5.41) is 6.48. The lowest BCUT2D eigenvalue weighted by Gasteiger charge is -2.22. The molecule has 0 atom stereocenters. The summed E-state index contributed by atoms with van der Waals surface area (Å²) in [5.74, 6) is 5.80. The van der Waals surface area contributed by atoms with Gasteiger partial charge in [-0.05, 0) is 62.9 Å². The lowest BCUT2D eigenvalue weighted by atomic mass is 9.87. The number of esters is 1. The number of amides is 1. The van der Waals surface area contributed by atoms with Crippen LogP contribution >= 0.6 is 0 Å². The third kappa shape index (κ3) is 8.50. The van der Waals surface area contributed by atoms with Crippen molar-refractivity contribution in [3.63, 3.8) is 0 Å². The van der Waals surface area contributed by atoms with Gasteiger partial charge in [-0.15, -0.1) is 0 Å². The van der Waals surface area contributed by atoms with Crippen LogP contribution in [0.5, 0.6) is 17.2 Å². The fourth-order valence-electron chi connectivity index (χ4n) is 3.34. The summed E-state index contributed by atoms with van der Waals surface area (Å²) in [5.41, 5.74) is 1.01. The van der Waals surface area contributed by atoms with Gasteiger partial charge in [0.05, 0.1) is 25.6 Å². The van der Waals surface area contributed by atoms with Crippen LogP contribution < -0.4 is 25.4 Å². The van der Waals surface area contributed by atoms with Gasteiger partial charge in [0.1, 0.15) is 28.5 Å². The number of hydrazone groups is 1. The predicted molar refractivity (Wildman–Crippen MR) is 149 cm³/mol. The van der Waals surface area contributed by atoms with E-state index in [1.54, 1.807) is 58.0 Å². The maximum absolute atomic E-state index is 13.3. The second-order valence-corrected chi connectivity index (χ2v) is 10.5. The Balaban J connectivity index is 2.37. The van der Waals surface area contributed by atoms with Crippen molar-refractivity contribution in [2.75, 3.05) is 26.1 Å². The number of methoxy groups -OCH3 is 2. The number of hydrogen-bond acceptors (Lipinski definition) is 9. The molecule has 2 aromatic carbocycles. The van der Waals surface area contributed by atoms with Crippen molar-refractivity contribution in [2.24, 2.45) is 15.9 Å². The summed E-state index contributed by atoms with van der Waals surface area (Å²) in [4.78, 5) is 30.0. The van der Waals surface area contributed by atoms with Crippen molar-refractivity contribution >= 4 is 34.7 Å². The molecule has 0 bridgehead atoms. The highest BCUT2D eigenvalue weighted by Gasteiger charge is 2.22. The van der Waals surface area contributed by atoms with Crippen LogP contribution in [0.4, 0.5) is 11.4 Å². The minimum atomic E-state index is -0.650. The average Bonchev–Trinajstić information content (AvgIpc) is 2.81. The second kappa shape index (κ2) is 12.4. The van der Waals surface area contributed by atoms with Gasteiger partial charge in [-0.25, -0.2) is 9.79 Å². The lowest BCUT2D eigenvalue weighted by Crippen LogP contribution is -2.30. The molecule has 0 radical (unpaired) electrons. The van der Waals surface area contributed by atoms with Gasteiger partial charge < -0.3 is 30.1 Å². The maximum Gasteiger partial charge on any atom is 0.344 e. The van der Waals surface area contributed by atoms with Crippen molar-refractivity contribution < 1.29 is 28.5 Å². The van der Waals surface area contributed by atoms with Crippen LogP contribution in [-0.4, -0.2) is 49.7 Å². The molecule has 0 saturated carbocycles. The zero-order valence-electron chi connectivity index (χ0n) is 23.6. The number of nitrogens with zero attached hydrogens (tertiary/aromatic N) is 2. The topological polar surface area (TPSA) is 134 Å². The molecule has 38 heavy (non-hydrogen) atoms. The molecule has 10 heteroatoms. The van der Waals surface area contributed by atoms with Crippen molar-refractivity contribution in [3.05, 3.63) is 42.0 Å². The Labute approximate surface area is 224 Å². The summed E-state index contributed by atoms with van der Waals surface area (Å²) in [6.07, 6.45) is 0. The van der Waals surface area contributed by atoms with E-state index < -0.39 is 17.5 Å². The highest BCUT2D eigenvalue weighted by atomic mass is 16.6. The van der Waals surface area contributed by atoms with Gasteiger partial charge >= 0.3 is 5.97 Å². The van der Waals surface area contributed by atoms with Crippen LogP contribution in [0, 0.1) is 0 Å². The van der Waals surface area contributed by atoms with E-state index in [4.69, 9.17) is 24.8 Å². The molecule has 10 nitrogen and oxygen atoms in total. The highest BCUT2D eigenvalue weighted by molar-refractivity contribution is 6.68. The van der Waals surface area contributed by atoms with E-state index in [0.29, 0.717) is 22.9 Å². The lowest BCUT2D eigenvalue weighted by molar-refractivity contribution is -0.157. The van der Waals surface area contributed by atoms with Gasteiger partial charge in [-0.2, -0.15) is 5.10 Å². The van der Waals surface area contributed by atoms with E-state index >= 15 is 0 Å². The van der Waals surface area contributed by atoms with Crippen molar-refractivity contribution in [1.29, 1.82) is 0 Å².